The number of carboxylic acid groups (broad SMARTS) is 1. The lowest BCUT2D eigenvalue weighted by molar-refractivity contribution is -0.121. The fourth-order valence-corrected chi connectivity index (χ4v) is 1.68. The third-order valence-electron chi connectivity index (χ3n) is 2.79. The van der Waals surface area contributed by atoms with Gasteiger partial charge in [0.05, 0.1) is 5.56 Å². The number of hydrogen-bond acceptors (Lipinski definition) is 4. The van der Waals surface area contributed by atoms with E-state index in [2.05, 4.69) is 10.3 Å². The molecule has 0 fully saturated rings. The van der Waals surface area contributed by atoms with E-state index in [4.69, 9.17) is 5.11 Å². The van der Waals surface area contributed by atoms with E-state index in [1.807, 2.05) is 0 Å². The molecule has 1 amide bonds. The van der Waals surface area contributed by atoms with Gasteiger partial charge in [-0.05, 0) is 23.8 Å². The number of rotatable bonds is 5. The number of carboxylic acids is 1. The quantitative estimate of drug-likeness (QED) is 0.821. The zero-order valence-corrected chi connectivity index (χ0v) is 11.0. The first-order chi connectivity index (χ1) is 10.1. The molecule has 21 heavy (non-hydrogen) atoms. The van der Waals surface area contributed by atoms with E-state index in [9.17, 15) is 14.4 Å². The molecule has 0 aliphatic rings. The van der Waals surface area contributed by atoms with Crippen LogP contribution in [0.15, 0.2) is 47.5 Å². The lowest BCUT2D eigenvalue weighted by Crippen LogP contribution is -2.32. The largest absolute Gasteiger partial charge is 0.478 e. The first-order valence-electron chi connectivity index (χ1n) is 6.16. The lowest BCUT2D eigenvalue weighted by atomic mass is 10.1. The van der Waals surface area contributed by atoms with Crippen LogP contribution in [0.4, 0.5) is 0 Å². The van der Waals surface area contributed by atoms with E-state index in [0.29, 0.717) is 0 Å². The Kier molecular flexibility index (Phi) is 4.45. The third kappa shape index (κ3) is 4.00. The van der Waals surface area contributed by atoms with Crippen LogP contribution >= 0.6 is 0 Å². The minimum absolute atomic E-state index is 0.111. The maximum Gasteiger partial charge on any atom is 0.347 e. The molecule has 0 atom stereocenters. The Bertz CT molecular complexity index is 707. The molecule has 0 saturated carbocycles. The van der Waals surface area contributed by atoms with Crippen LogP contribution in [0.3, 0.4) is 0 Å². The zero-order valence-electron chi connectivity index (χ0n) is 11.0. The molecular weight excluding hydrogens is 274 g/mol. The Morgan fingerprint density at radius 1 is 1.24 bits per heavy atom. The average molecular weight is 287 g/mol. The highest BCUT2D eigenvalue weighted by Gasteiger charge is 2.05. The first-order valence-corrected chi connectivity index (χ1v) is 6.16. The van der Waals surface area contributed by atoms with Crippen LogP contribution < -0.4 is 11.0 Å². The Hall–Kier alpha value is -2.96. The van der Waals surface area contributed by atoms with Crippen LogP contribution in [0, 0.1) is 0 Å². The SMILES string of the molecule is O=C(Cn1cccnc1=O)NCc1ccc(C(=O)O)cc1. The molecule has 0 unspecified atom stereocenters. The molecular formula is C14H13N3O4. The van der Waals surface area contributed by atoms with Gasteiger partial charge in [-0.3, -0.25) is 9.36 Å². The molecule has 0 bridgehead atoms. The molecule has 1 heterocycles. The number of hydrogen-bond donors (Lipinski definition) is 2. The van der Waals surface area contributed by atoms with Crippen molar-refractivity contribution in [2.45, 2.75) is 13.1 Å². The van der Waals surface area contributed by atoms with Crippen molar-refractivity contribution in [3.8, 4) is 0 Å². The topological polar surface area (TPSA) is 101 Å². The number of nitrogens with zero attached hydrogens (tertiary/aromatic N) is 2. The van der Waals surface area contributed by atoms with E-state index in [1.165, 1.54) is 29.1 Å². The van der Waals surface area contributed by atoms with E-state index >= 15 is 0 Å². The highest BCUT2D eigenvalue weighted by Crippen LogP contribution is 2.04. The number of carbonyl (C=O) groups is 2. The normalized spacial score (nSPS) is 10.1. The van der Waals surface area contributed by atoms with Gasteiger partial charge in [0.15, 0.2) is 0 Å². The summed E-state index contributed by atoms with van der Waals surface area (Å²) in [5, 5.41) is 11.4. The molecule has 1 aromatic carbocycles. The second-order valence-corrected chi connectivity index (χ2v) is 4.31. The van der Waals surface area contributed by atoms with Gasteiger partial charge >= 0.3 is 11.7 Å². The van der Waals surface area contributed by atoms with E-state index < -0.39 is 11.7 Å². The standard InChI is InChI=1S/C14H13N3O4/c18-12(9-17-7-1-6-15-14(17)21)16-8-10-2-4-11(5-3-10)13(19)20/h1-7H,8-9H2,(H,16,18)(H,19,20). The Morgan fingerprint density at radius 3 is 2.57 bits per heavy atom. The van der Waals surface area contributed by atoms with Crippen molar-refractivity contribution in [3.05, 3.63) is 64.3 Å². The molecule has 0 spiro atoms. The maximum absolute atomic E-state index is 11.7. The van der Waals surface area contributed by atoms with Gasteiger partial charge in [0, 0.05) is 18.9 Å². The summed E-state index contributed by atoms with van der Waals surface area (Å²) in [5.41, 5.74) is 0.470. The van der Waals surface area contributed by atoms with Gasteiger partial charge in [-0.15, -0.1) is 0 Å². The monoisotopic (exact) mass is 287 g/mol. The minimum atomic E-state index is -0.999. The van der Waals surface area contributed by atoms with Crippen molar-refractivity contribution in [1.82, 2.24) is 14.9 Å². The molecule has 2 rings (SSSR count). The molecule has 0 saturated heterocycles. The number of carbonyl (C=O) groups excluding carboxylic acids is 1. The van der Waals surface area contributed by atoms with Crippen LogP contribution in [0.2, 0.25) is 0 Å². The summed E-state index contributed by atoms with van der Waals surface area (Å²) in [5.74, 6) is -1.33. The predicted molar refractivity (Wildman–Crippen MR) is 73.7 cm³/mol. The fraction of sp³-hybridized carbons (Fsp3) is 0.143. The van der Waals surface area contributed by atoms with Crippen LogP contribution in [0.1, 0.15) is 15.9 Å². The molecule has 7 nitrogen and oxygen atoms in total. The number of amides is 1. The van der Waals surface area contributed by atoms with Crippen LogP contribution in [0.5, 0.6) is 0 Å². The molecule has 2 N–H and O–H groups in total. The third-order valence-corrected chi connectivity index (χ3v) is 2.79. The van der Waals surface area contributed by atoms with E-state index in [-0.39, 0.29) is 24.6 Å². The Morgan fingerprint density at radius 2 is 1.95 bits per heavy atom. The molecule has 2 aromatic rings. The van der Waals surface area contributed by atoms with Crippen molar-refractivity contribution in [2.24, 2.45) is 0 Å². The molecule has 7 heteroatoms. The predicted octanol–water partition coefficient (Wildman–Crippen LogP) is 0.258. The Labute approximate surface area is 119 Å². The molecule has 108 valence electrons. The van der Waals surface area contributed by atoms with Crippen LogP contribution in [0.25, 0.3) is 0 Å². The summed E-state index contributed by atoms with van der Waals surface area (Å²) in [6.45, 7) is 0.146. The van der Waals surface area contributed by atoms with Gasteiger partial charge in [-0.1, -0.05) is 12.1 Å². The van der Waals surface area contributed by atoms with Crippen molar-refractivity contribution >= 4 is 11.9 Å². The van der Waals surface area contributed by atoms with Crippen LogP contribution in [-0.2, 0) is 17.9 Å². The van der Waals surface area contributed by atoms with Gasteiger partial charge < -0.3 is 10.4 Å². The molecule has 0 radical (unpaired) electrons. The lowest BCUT2D eigenvalue weighted by Gasteiger charge is -2.07. The first kappa shape index (κ1) is 14.4. The maximum atomic E-state index is 11.7. The highest BCUT2D eigenvalue weighted by atomic mass is 16.4. The van der Waals surface area contributed by atoms with Gasteiger partial charge in [0.1, 0.15) is 6.54 Å². The number of aromatic carboxylic acids is 1. The van der Waals surface area contributed by atoms with Crippen molar-refractivity contribution < 1.29 is 14.7 Å². The van der Waals surface area contributed by atoms with Gasteiger partial charge in [-0.25, -0.2) is 14.6 Å². The fourth-order valence-electron chi connectivity index (χ4n) is 1.68. The molecule has 0 aliphatic carbocycles. The molecule has 0 aliphatic heterocycles. The number of aromatic nitrogens is 2. The Balaban J connectivity index is 1.91. The van der Waals surface area contributed by atoms with E-state index in [1.54, 1.807) is 18.2 Å². The van der Waals surface area contributed by atoms with Gasteiger partial charge in [0.25, 0.3) is 0 Å². The smallest absolute Gasteiger partial charge is 0.347 e. The van der Waals surface area contributed by atoms with Crippen molar-refractivity contribution in [1.29, 1.82) is 0 Å². The number of nitrogens with one attached hydrogen (secondary N) is 1. The summed E-state index contributed by atoms with van der Waals surface area (Å²) in [7, 11) is 0. The summed E-state index contributed by atoms with van der Waals surface area (Å²) in [6.07, 6.45) is 2.84. The van der Waals surface area contributed by atoms with Crippen molar-refractivity contribution in [3.63, 3.8) is 0 Å². The minimum Gasteiger partial charge on any atom is -0.478 e. The van der Waals surface area contributed by atoms with E-state index in [0.717, 1.165) is 5.56 Å². The second-order valence-electron chi connectivity index (χ2n) is 4.31. The summed E-state index contributed by atoms with van der Waals surface area (Å²) in [4.78, 5) is 37.3. The zero-order chi connectivity index (χ0) is 15.2. The molecule has 1 aromatic heterocycles. The van der Waals surface area contributed by atoms with Gasteiger partial charge in [0.2, 0.25) is 5.91 Å². The summed E-state index contributed by atoms with van der Waals surface area (Å²) in [6, 6.07) is 7.75. The van der Waals surface area contributed by atoms with Crippen molar-refractivity contribution in [2.75, 3.05) is 0 Å². The summed E-state index contributed by atoms with van der Waals surface area (Å²) < 4.78 is 1.20. The highest BCUT2D eigenvalue weighted by molar-refractivity contribution is 5.87. The summed E-state index contributed by atoms with van der Waals surface area (Å²) >= 11 is 0. The number of benzene rings is 1. The van der Waals surface area contributed by atoms with Crippen LogP contribution in [-0.4, -0.2) is 26.5 Å². The second kappa shape index (κ2) is 6.47. The average Bonchev–Trinajstić information content (AvgIpc) is 2.48. The van der Waals surface area contributed by atoms with Gasteiger partial charge in [-0.2, -0.15) is 0 Å².